The van der Waals surface area contributed by atoms with E-state index in [0.29, 0.717) is 0 Å². The zero-order valence-electron chi connectivity index (χ0n) is 12.4. The fraction of sp³-hybridized carbons (Fsp3) is 0.647. The summed E-state index contributed by atoms with van der Waals surface area (Å²) >= 11 is 0. The van der Waals surface area contributed by atoms with Crippen LogP contribution in [0.3, 0.4) is 0 Å². The van der Waals surface area contributed by atoms with Crippen LogP contribution in [0.15, 0.2) is 18.2 Å². The summed E-state index contributed by atoms with van der Waals surface area (Å²) in [7, 11) is 0. The second kappa shape index (κ2) is 9.08. The number of aryl methyl sites for hydroxylation is 2. The summed E-state index contributed by atoms with van der Waals surface area (Å²) in [6.45, 7) is 5.02. The van der Waals surface area contributed by atoms with Crippen LogP contribution in [0, 0.1) is 11.7 Å². The maximum absolute atomic E-state index is 13.6. The molecule has 0 saturated carbocycles. The molecule has 2 heteroatoms. The van der Waals surface area contributed by atoms with Crippen LogP contribution in [0.25, 0.3) is 0 Å². The Morgan fingerprint density at radius 3 is 2.53 bits per heavy atom. The highest BCUT2D eigenvalue weighted by atomic mass is 19.1. The lowest BCUT2D eigenvalue weighted by Crippen LogP contribution is -2.08. The smallest absolute Gasteiger partial charge is 0.126 e. The minimum absolute atomic E-state index is 0.0467. The standard InChI is InChI=1S/C17H28FN/c1-3-14(11-12-19)7-5-6-8-15-9-10-16(4-2)17(18)13-15/h9-10,13-14H,3-8,11-12,19H2,1-2H3. The first-order valence-corrected chi connectivity index (χ1v) is 7.68. The minimum Gasteiger partial charge on any atom is -0.330 e. The topological polar surface area (TPSA) is 26.0 Å². The maximum Gasteiger partial charge on any atom is 0.126 e. The predicted octanol–water partition coefficient (Wildman–Crippen LogP) is 4.48. The molecular formula is C17H28FN. The van der Waals surface area contributed by atoms with Crippen LogP contribution in [-0.2, 0) is 12.8 Å². The Bertz CT molecular complexity index is 362. The number of nitrogens with two attached hydrogens (primary N) is 1. The van der Waals surface area contributed by atoms with E-state index in [1.165, 1.54) is 19.3 Å². The first-order valence-electron chi connectivity index (χ1n) is 7.68. The Morgan fingerprint density at radius 1 is 1.16 bits per heavy atom. The predicted molar refractivity (Wildman–Crippen MR) is 80.8 cm³/mol. The molecule has 2 N–H and O–H groups in total. The molecule has 0 fully saturated rings. The van der Waals surface area contributed by atoms with Crippen molar-refractivity contribution < 1.29 is 4.39 Å². The molecule has 0 aliphatic carbocycles. The quantitative estimate of drug-likeness (QED) is 0.655. The molecule has 1 atom stereocenters. The minimum atomic E-state index is -0.0467. The Balaban J connectivity index is 2.31. The molecular weight excluding hydrogens is 237 g/mol. The number of unbranched alkanes of at least 4 members (excludes halogenated alkanes) is 1. The number of hydrogen-bond acceptors (Lipinski definition) is 1. The van der Waals surface area contributed by atoms with Crippen molar-refractivity contribution in [2.75, 3.05) is 6.54 Å². The third-order valence-electron chi connectivity index (χ3n) is 3.98. The van der Waals surface area contributed by atoms with Crippen molar-refractivity contribution in [3.63, 3.8) is 0 Å². The highest BCUT2D eigenvalue weighted by Crippen LogP contribution is 2.18. The Kier molecular flexibility index (Phi) is 7.73. The zero-order chi connectivity index (χ0) is 14.1. The van der Waals surface area contributed by atoms with Gasteiger partial charge in [-0.1, -0.05) is 45.2 Å². The van der Waals surface area contributed by atoms with Crippen LogP contribution < -0.4 is 5.73 Å². The number of halogens is 1. The average molecular weight is 265 g/mol. The molecule has 0 aliphatic heterocycles. The molecule has 0 radical (unpaired) electrons. The Labute approximate surface area is 117 Å². The van der Waals surface area contributed by atoms with Crippen LogP contribution in [0.2, 0.25) is 0 Å². The van der Waals surface area contributed by atoms with Gasteiger partial charge in [0.05, 0.1) is 0 Å². The lowest BCUT2D eigenvalue weighted by atomic mass is 9.94. The first-order chi connectivity index (χ1) is 9.21. The van der Waals surface area contributed by atoms with Gasteiger partial charge in [0.2, 0.25) is 0 Å². The van der Waals surface area contributed by atoms with E-state index in [2.05, 4.69) is 13.0 Å². The molecule has 1 rings (SSSR count). The highest BCUT2D eigenvalue weighted by Gasteiger charge is 2.05. The van der Waals surface area contributed by atoms with Gasteiger partial charge in [0.25, 0.3) is 0 Å². The van der Waals surface area contributed by atoms with Crippen LogP contribution >= 0.6 is 0 Å². The summed E-state index contributed by atoms with van der Waals surface area (Å²) in [6, 6.07) is 5.70. The van der Waals surface area contributed by atoms with Gasteiger partial charge in [0, 0.05) is 0 Å². The van der Waals surface area contributed by atoms with E-state index in [1.807, 2.05) is 13.0 Å². The molecule has 0 aliphatic rings. The molecule has 0 amide bonds. The lowest BCUT2D eigenvalue weighted by molar-refractivity contribution is 0.423. The SMILES string of the molecule is CCc1ccc(CCCCC(CC)CCN)cc1F. The summed E-state index contributed by atoms with van der Waals surface area (Å²) in [5, 5.41) is 0. The Morgan fingerprint density at radius 2 is 1.95 bits per heavy atom. The van der Waals surface area contributed by atoms with Gasteiger partial charge in [0.15, 0.2) is 0 Å². The zero-order valence-corrected chi connectivity index (χ0v) is 12.4. The third kappa shape index (κ3) is 5.73. The molecule has 1 nitrogen and oxygen atoms in total. The summed E-state index contributed by atoms with van der Waals surface area (Å²) < 4.78 is 13.6. The first kappa shape index (κ1) is 16.2. The number of rotatable bonds is 9. The molecule has 1 unspecified atom stereocenters. The van der Waals surface area contributed by atoms with Crippen LogP contribution in [0.5, 0.6) is 0 Å². The van der Waals surface area contributed by atoms with Crippen molar-refractivity contribution in [1.29, 1.82) is 0 Å². The van der Waals surface area contributed by atoms with Crippen LogP contribution in [-0.4, -0.2) is 6.54 Å². The third-order valence-corrected chi connectivity index (χ3v) is 3.98. The van der Waals surface area contributed by atoms with Crippen molar-refractivity contribution in [3.8, 4) is 0 Å². The van der Waals surface area contributed by atoms with Gasteiger partial charge in [-0.25, -0.2) is 4.39 Å². The van der Waals surface area contributed by atoms with E-state index >= 15 is 0 Å². The van der Waals surface area contributed by atoms with Crippen molar-refractivity contribution >= 4 is 0 Å². The van der Waals surface area contributed by atoms with E-state index in [1.54, 1.807) is 6.07 Å². The maximum atomic E-state index is 13.6. The molecule has 0 aromatic heterocycles. The van der Waals surface area contributed by atoms with Gasteiger partial charge in [-0.2, -0.15) is 0 Å². The normalized spacial score (nSPS) is 12.6. The van der Waals surface area contributed by atoms with Crippen LogP contribution in [0.4, 0.5) is 4.39 Å². The second-order valence-electron chi connectivity index (χ2n) is 5.38. The van der Waals surface area contributed by atoms with Gasteiger partial charge >= 0.3 is 0 Å². The van der Waals surface area contributed by atoms with Crippen molar-refractivity contribution in [2.24, 2.45) is 11.7 Å². The molecule has 108 valence electrons. The van der Waals surface area contributed by atoms with Crippen molar-refractivity contribution in [1.82, 2.24) is 0 Å². The molecule has 0 heterocycles. The van der Waals surface area contributed by atoms with E-state index in [0.717, 1.165) is 49.3 Å². The van der Waals surface area contributed by atoms with Gasteiger partial charge in [-0.15, -0.1) is 0 Å². The van der Waals surface area contributed by atoms with Gasteiger partial charge < -0.3 is 5.73 Å². The molecule has 1 aromatic carbocycles. The summed E-state index contributed by atoms with van der Waals surface area (Å²) in [6.07, 6.45) is 7.72. The monoisotopic (exact) mass is 265 g/mol. The molecule has 19 heavy (non-hydrogen) atoms. The Hall–Kier alpha value is -0.890. The van der Waals surface area contributed by atoms with Gasteiger partial charge in [0.1, 0.15) is 5.82 Å². The fourth-order valence-corrected chi connectivity index (χ4v) is 2.58. The molecule has 0 bridgehead atoms. The molecule has 0 saturated heterocycles. The van der Waals surface area contributed by atoms with E-state index in [-0.39, 0.29) is 5.82 Å². The van der Waals surface area contributed by atoms with Gasteiger partial charge in [-0.3, -0.25) is 0 Å². The molecule has 1 aromatic rings. The van der Waals surface area contributed by atoms with E-state index in [4.69, 9.17) is 5.73 Å². The van der Waals surface area contributed by atoms with Gasteiger partial charge in [-0.05, 0) is 55.3 Å². The fourth-order valence-electron chi connectivity index (χ4n) is 2.58. The summed E-state index contributed by atoms with van der Waals surface area (Å²) in [5.41, 5.74) is 7.55. The number of benzene rings is 1. The average Bonchev–Trinajstić information content (AvgIpc) is 2.42. The van der Waals surface area contributed by atoms with Crippen molar-refractivity contribution in [3.05, 3.63) is 35.1 Å². The van der Waals surface area contributed by atoms with E-state index in [9.17, 15) is 4.39 Å². The molecule has 0 spiro atoms. The second-order valence-corrected chi connectivity index (χ2v) is 5.38. The lowest BCUT2D eigenvalue weighted by Gasteiger charge is -2.13. The number of hydrogen-bond donors (Lipinski definition) is 1. The van der Waals surface area contributed by atoms with Crippen LogP contribution in [0.1, 0.15) is 57.1 Å². The summed E-state index contributed by atoms with van der Waals surface area (Å²) in [5.74, 6) is 0.721. The highest BCUT2D eigenvalue weighted by molar-refractivity contribution is 5.24. The summed E-state index contributed by atoms with van der Waals surface area (Å²) in [4.78, 5) is 0. The largest absolute Gasteiger partial charge is 0.330 e. The van der Waals surface area contributed by atoms with Crippen molar-refractivity contribution in [2.45, 2.75) is 58.8 Å². The van der Waals surface area contributed by atoms with E-state index < -0.39 is 0 Å².